The fourth-order valence-electron chi connectivity index (χ4n) is 3.89. The Morgan fingerprint density at radius 3 is 2.67 bits per heavy atom. The summed E-state index contributed by atoms with van der Waals surface area (Å²) in [4.78, 5) is 32.3. The molecule has 1 aromatic heterocycles. The number of nitrogens with one attached hydrogen (secondary N) is 1. The van der Waals surface area contributed by atoms with Gasteiger partial charge in [0.25, 0.3) is 5.91 Å². The summed E-state index contributed by atoms with van der Waals surface area (Å²) in [5.41, 5.74) is 3.62. The third kappa shape index (κ3) is 3.80. The number of imidazole rings is 1. The number of anilines is 2. The van der Waals surface area contributed by atoms with E-state index in [4.69, 9.17) is 4.74 Å². The van der Waals surface area contributed by atoms with Gasteiger partial charge in [0.15, 0.2) is 0 Å². The minimum Gasteiger partial charge on any atom is -0.385 e. The highest BCUT2D eigenvalue weighted by atomic mass is 16.5. The van der Waals surface area contributed by atoms with Crippen molar-refractivity contribution in [2.75, 3.05) is 30.5 Å². The van der Waals surface area contributed by atoms with Crippen molar-refractivity contribution in [2.45, 2.75) is 32.2 Å². The lowest BCUT2D eigenvalue weighted by atomic mass is 10.1. The van der Waals surface area contributed by atoms with Gasteiger partial charge >= 0.3 is 0 Å². The number of fused-ring (bicyclic) bond motifs is 3. The first-order chi connectivity index (χ1) is 14.6. The number of benzene rings is 2. The van der Waals surface area contributed by atoms with Crippen LogP contribution in [0, 0.1) is 0 Å². The van der Waals surface area contributed by atoms with Gasteiger partial charge < -0.3 is 10.1 Å². The van der Waals surface area contributed by atoms with E-state index in [2.05, 4.69) is 17.2 Å². The van der Waals surface area contributed by atoms with E-state index in [-0.39, 0.29) is 18.2 Å². The molecule has 2 heterocycles. The van der Waals surface area contributed by atoms with Crippen LogP contribution in [0.2, 0.25) is 0 Å². The lowest BCUT2D eigenvalue weighted by Gasteiger charge is -2.15. The highest BCUT2D eigenvalue weighted by molar-refractivity contribution is 6.05. The molecule has 1 atom stereocenters. The number of hydrogen-bond acceptors (Lipinski definition) is 4. The van der Waals surface area contributed by atoms with E-state index < -0.39 is 6.04 Å². The summed E-state index contributed by atoms with van der Waals surface area (Å²) in [6.45, 7) is 3.15. The summed E-state index contributed by atoms with van der Waals surface area (Å²) >= 11 is 0. The average molecular weight is 406 g/mol. The van der Waals surface area contributed by atoms with Crippen molar-refractivity contribution in [3.05, 3.63) is 54.1 Å². The summed E-state index contributed by atoms with van der Waals surface area (Å²) in [6.07, 6.45) is 1.71. The molecule has 7 nitrogen and oxygen atoms in total. The van der Waals surface area contributed by atoms with Crippen LogP contribution in [0.25, 0.3) is 11.0 Å². The van der Waals surface area contributed by atoms with Crippen molar-refractivity contribution in [2.24, 2.45) is 0 Å². The number of ether oxygens (including phenoxy) is 1. The van der Waals surface area contributed by atoms with Crippen LogP contribution in [-0.2, 0) is 20.7 Å². The Hall–Kier alpha value is -3.19. The molecule has 30 heavy (non-hydrogen) atoms. The van der Waals surface area contributed by atoms with Crippen LogP contribution in [0.4, 0.5) is 11.6 Å². The number of carbonyl (C=O) groups is 2. The van der Waals surface area contributed by atoms with Crippen molar-refractivity contribution in [1.29, 1.82) is 0 Å². The number of amides is 2. The molecule has 2 aromatic carbocycles. The van der Waals surface area contributed by atoms with Crippen molar-refractivity contribution in [3.63, 3.8) is 0 Å². The number of nitrogens with zero attached hydrogens (tertiary/aromatic N) is 3. The predicted molar refractivity (Wildman–Crippen MR) is 117 cm³/mol. The first-order valence-electron chi connectivity index (χ1n) is 10.3. The van der Waals surface area contributed by atoms with Gasteiger partial charge in [0.1, 0.15) is 6.04 Å². The van der Waals surface area contributed by atoms with Crippen LogP contribution in [0.1, 0.15) is 31.4 Å². The number of rotatable bonds is 8. The molecule has 7 heteroatoms. The molecular formula is C23H26N4O3. The zero-order valence-corrected chi connectivity index (χ0v) is 17.3. The van der Waals surface area contributed by atoms with Crippen LogP contribution in [-0.4, -0.2) is 41.6 Å². The molecule has 0 saturated carbocycles. The van der Waals surface area contributed by atoms with E-state index in [1.807, 2.05) is 53.1 Å². The molecule has 2 amide bonds. The van der Waals surface area contributed by atoms with E-state index in [0.29, 0.717) is 25.5 Å². The summed E-state index contributed by atoms with van der Waals surface area (Å²) in [6, 6.07) is 14.9. The first-order valence-corrected chi connectivity index (χ1v) is 10.3. The Labute approximate surface area is 175 Å². The quantitative estimate of drug-likeness (QED) is 0.581. The molecule has 0 radical (unpaired) electrons. The van der Waals surface area contributed by atoms with Crippen LogP contribution < -0.4 is 10.2 Å². The summed E-state index contributed by atoms with van der Waals surface area (Å²) in [5, 5.41) is 2.92. The molecule has 0 fully saturated rings. The van der Waals surface area contributed by atoms with E-state index in [9.17, 15) is 9.59 Å². The van der Waals surface area contributed by atoms with Gasteiger partial charge in [-0.05, 0) is 42.7 Å². The third-order valence-corrected chi connectivity index (χ3v) is 5.44. The third-order valence-electron chi connectivity index (χ3n) is 5.44. The molecule has 0 saturated heterocycles. The van der Waals surface area contributed by atoms with Crippen LogP contribution in [0.5, 0.6) is 0 Å². The molecule has 156 valence electrons. The van der Waals surface area contributed by atoms with Crippen molar-refractivity contribution < 1.29 is 14.3 Å². The van der Waals surface area contributed by atoms with E-state index in [1.54, 1.807) is 12.0 Å². The molecular weight excluding hydrogens is 380 g/mol. The highest BCUT2D eigenvalue weighted by Gasteiger charge is 2.40. The standard InChI is InChI=1S/C23H26N4O3/c1-3-16-9-11-17(12-10-16)24-21(28)15-20-22(29)26(13-6-14-30-2)23-25-18-7-4-5-8-19(18)27(20)23/h4-5,7-12,20H,3,6,13-15H2,1-2H3,(H,24,28). The Bertz CT molecular complexity index is 1060. The van der Waals surface area contributed by atoms with Gasteiger partial charge in [-0.25, -0.2) is 4.98 Å². The monoisotopic (exact) mass is 406 g/mol. The lowest BCUT2D eigenvalue weighted by Crippen LogP contribution is -2.32. The van der Waals surface area contributed by atoms with E-state index in [0.717, 1.165) is 23.1 Å². The number of methoxy groups -OCH3 is 1. The molecule has 0 bridgehead atoms. The van der Waals surface area contributed by atoms with E-state index >= 15 is 0 Å². The second kappa shape index (κ2) is 8.67. The van der Waals surface area contributed by atoms with Gasteiger partial charge in [0, 0.05) is 25.9 Å². The van der Waals surface area contributed by atoms with Crippen LogP contribution in [0.15, 0.2) is 48.5 Å². The second-order valence-electron chi connectivity index (χ2n) is 7.43. The normalized spacial score (nSPS) is 15.6. The Morgan fingerprint density at radius 1 is 1.17 bits per heavy atom. The number of hydrogen-bond donors (Lipinski definition) is 1. The molecule has 0 aliphatic carbocycles. The zero-order valence-electron chi connectivity index (χ0n) is 17.3. The molecule has 1 aliphatic heterocycles. The predicted octanol–water partition coefficient (Wildman–Crippen LogP) is 3.55. The Balaban J connectivity index is 1.57. The van der Waals surface area contributed by atoms with Crippen molar-refractivity contribution in [3.8, 4) is 0 Å². The molecule has 1 N–H and O–H groups in total. The Kier molecular flexibility index (Phi) is 5.81. The van der Waals surface area contributed by atoms with Crippen molar-refractivity contribution >= 4 is 34.5 Å². The van der Waals surface area contributed by atoms with Gasteiger partial charge in [-0.3, -0.25) is 19.1 Å². The van der Waals surface area contributed by atoms with Crippen LogP contribution >= 0.6 is 0 Å². The maximum absolute atomic E-state index is 13.2. The van der Waals surface area contributed by atoms with Gasteiger partial charge in [0.2, 0.25) is 11.9 Å². The zero-order chi connectivity index (χ0) is 21.1. The number of para-hydroxylation sites is 2. The fourth-order valence-corrected chi connectivity index (χ4v) is 3.89. The maximum atomic E-state index is 13.2. The first kappa shape index (κ1) is 20.1. The SMILES string of the molecule is CCc1ccc(NC(=O)CC2C(=O)N(CCCOC)c3nc4ccccc4n32)cc1. The summed E-state index contributed by atoms with van der Waals surface area (Å²) in [7, 11) is 1.64. The summed E-state index contributed by atoms with van der Waals surface area (Å²) < 4.78 is 7.02. The number of aromatic nitrogens is 2. The lowest BCUT2D eigenvalue weighted by molar-refractivity contribution is -0.124. The molecule has 1 aliphatic rings. The fraction of sp³-hybridized carbons (Fsp3) is 0.348. The minimum atomic E-state index is -0.607. The second-order valence-corrected chi connectivity index (χ2v) is 7.43. The largest absolute Gasteiger partial charge is 0.385 e. The Morgan fingerprint density at radius 2 is 1.93 bits per heavy atom. The molecule has 1 unspecified atom stereocenters. The number of aryl methyl sites for hydroxylation is 1. The summed E-state index contributed by atoms with van der Waals surface area (Å²) in [5.74, 6) is 0.304. The van der Waals surface area contributed by atoms with Gasteiger partial charge in [-0.2, -0.15) is 0 Å². The minimum absolute atomic E-state index is 0.0580. The maximum Gasteiger partial charge on any atom is 0.253 e. The van der Waals surface area contributed by atoms with Crippen LogP contribution in [0.3, 0.4) is 0 Å². The smallest absolute Gasteiger partial charge is 0.253 e. The number of carbonyl (C=O) groups excluding carboxylic acids is 2. The molecule has 4 rings (SSSR count). The van der Waals surface area contributed by atoms with Gasteiger partial charge in [-0.15, -0.1) is 0 Å². The highest BCUT2D eigenvalue weighted by Crippen LogP contribution is 2.36. The average Bonchev–Trinajstić information content (AvgIpc) is 3.24. The van der Waals surface area contributed by atoms with E-state index in [1.165, 1.54) is 5.56 Å². The molecule has 0 spiro atoms. The van der Waals surface area contributed by atoms with Gasteiger partial charge in [0.05, 0.1) is 17.5 Å². The molecule has 3 aromatic rings. The topological polar surface area (TPSA) is 76.5 Å². The van der Waals surface area contributed by atoms with Gasteiger partial charge in [-0.1, -0.05) is 31.2 Å². The van der Waals surface area contributed by atoms with Crippen molar-refractivity contribution in [1.82, 2.24) is 9.55 Å².